The predicted molar refractivity (Wildman–Crippen MR) is 107 cm³/mol. The number of carbonyl (C=O) groups excluding carboxylic acids is 2. The number of halogens is 1. The van der Waals surface area contributed by atoms with Crippen molar-refractivity contribution in [2.45, 2.75) is 19.4 Å². The Labute approximate surface area is 172 Å². The van der Waals surface area contributed by atoms with Crippen LogP contribution in [-0.2, 0) is 11.3 Å². The minimum absolute atomic E-state index is 0.00855. The molecule has 1 N–H and O–H groups in total. The van der Waals surface area contributed by atoms with E-state index < -0.39 is 0 Å². The number of hydrogen-bond acceptors (Lipinski definition) is 5. The molecule has 2 amide bonds. The van der Waals surface area contributed by atoms with Crippen LogP contribution in [0.5, 0.6) is 11.5 Å². The number of piperidine rings is 1. The molecule has 0 saturated carbocycles. The van der Waals surface area contributed by atoms with Crippen LogP contribution in [0.4, 0.5) is 0 Å². The van der Waals surface area contributed by atoms with Crippen molar-refractivity contribution in [2.24, 2.45) is 5.92 Å². The molecule has 4 rings (SSSR count). The molecule has 1 saturated heterocycles. The number of likely N-dealkylation sites (tertiary alicyclic amines) is 1. The van der Waals surface area contributed by atoms with Crippen molar-refractivity contribution >= 4 is 34.8 Å². The van der Waals surface area contributed by atoms with E-state index in [-0.39, 0.29) is 17.7 Å². The van der Waals surface area contributed by atoms with Gasteiger partial charge in [0, 0.05) is 25.6 Å². The van der Waals surface area contributed by atoms with Gasteiger partial charge in [0.25, 0.3) is 5.91 Å². The Morgan fingerprint density at radius 1 is 1.21 bits per heavy atom. The van der Waals surface area contributed by atoms with Crippen LogP contribution in [0, 0.1) is 5.92 Å². The number of nitrogens with one attached hydrogen (secondary N) is 1. The average molecular weight is 421 g/mol. The Balaban J connectivity index is 1.29. The van der Waals surface area contributed by atoms with Crippen LogP contribution >= 0.6 is 22.9 Å². The molecule has 6 nitrogen and oxygen atoms in total. The molecule has 148 valence electrons. The van der Waals surface area contributed by atoms with Crippen LogP contribution in [0.15, 0.2) is 29.6 Å². The molecule has 0 spiro atoms. The summed E-state index contributed by atoms with van der Waals surface area (Å²) in [7, 11) is 0. The van der Waals surface area contributed by atoms with Gasteiger partial charge in [-0.25, -0.2) is 0 Å². The molecule has 0 atom stereocenters. The molecule has 2 aromatic rings. The Hall–Kier alpha value is -2.25. The number of thiophene rings is 1. The molecule has 0 aliphatic carbocycles. The van der Waals surface area contributed by atoms with Crippen LogP contribution in [0.1, 0.15) is 28.1 Å². The first-order valence-corrected chi connectivity index (χ1v) is 10.6. The largest absolute Gasteiger partial charge is 0.486 e. The van der Waals surface area contributed by atoms with E-state index in [1.54, 1.807) is 6.07 Å². The fourth-order valence-corrected chi connectivity index (χ4v) is 4.48. The van der Waals surface area contributed by atoms with E-state index in [0.29, 0.717) is 62.2 Å². The maximum absolute atomic E-state index is 12.5. The first kappa shape index (κ1) is 19.1. The summed E-state index contributed by atoms with van der Waals surface area (Å²) in [4.78, 5) is 27.5. The Bertz CT molecular complexity index is 863. The molecule has 28 heavy (non-hydrogen) atoms. The van der Waals surface area contributed by atoms with Gasteiger partial charge in [-0.05, 0) is 42.0 Å². The number of amides is 2. The SMILES string of the molecule is O=C(NCc1cc(Cl)c2c(c1)OCCO2)C1CCN(C(=O)c2cccs2)CC1. The number of fused-ring (bicyclic) bond motifs is 1. The van der Waals surface area contributed by atoms with Gasteiger partial charge in [-0.2, -0.15) is 0 Å². The number of rotatable bonds is 4. The fourth-order valence-electron chi connectivity index (χ4n) is 3.50. The molecule has 0 radical (unpaired) electrons. The van der Waals surface area contributed by atoms with Crippen molar-refractivity contribution in [3.63, 3.8) is 0 Å². The summed E-state index contributed by atoms with van der Waals surface area (Å²) in [5.74, 6) is 1.16. The highest BCUT2D eigenvalue weighted by molar-refractivity contribution is 7.12. The van der Waals surface area contributed by atoms with Gasteiger partial charge in [0.15, 0.2) is 11.5 Å². The molecule has 1 fully saturated rings. The lowest BCUT2D eigenvalue weighted by Crippen LogP contribution is -2.42. The Morgan fingerprint density at radius 2 is 2.00 bits per heavy atom. The summed E-state index contributed by atoms with van der Waals surface area (Å²) < 4.78 is 11.1. The molecular formula is C20H21ClN2O4S. The molecule has 0 bridgehead atoms. The van der Waals surface area contributed by atoms with Gasteiger partial charge in [-0.1, -0.05) is 17.7 Å². The lowest BCUT2D eigenvalue weighted by atomic mass is 9.95. The van der Waals surface area contributed by atoms with Crippen LogP contribution in [0.25, 0.3) is 0 Å². The maximum atomic E-state index is 12.5. The highest BCUT2D eigenvalue weighted by atomic mass is 35.5. The van der Waals surface area contributed by atoms with E-state index in [1.165, 1.54) is 11.3 Å². The van der Waals surface area contributed by atoms with E-state index in [2.05, 4.69) is 5.32 Å². The van der Waals surface area contributed by atoms with Crippen molar-refractivity contribution in [3.05, 3.63) is 45.1 Å². The monoisotopic (exact) mass is 420 g/mol. The zero-order valence-electron chi connectivity index (χ0n) is 15.3. The summed E-state index contributed by atoms with van der Waals surface area (Å²) in [6.07, 6.45) is 1.34. The van der Waals surface area contributed by atoms with E-state index in [0.717, 1.165) is 10.4 Å². The smallest absolute Gasteiger partial charge is 0.263 e. The van der Waals surface area contributed by atoms with Gasteiger partial charge in [0.2, 0.25) is 5.91 Å². The normalized spacial score (nSPS) is 16.7. The zero-order valence-corrected chi connectivity index (χ0v) is 16.9. The van der Waals surface area contributed by atoms with E-state index >= 15 is 0 Å². The van der Waals surface area contributed by atoms with Gasteiger partial charge in [-0.3, -0.25) is 9.59 Å². The zero-order chi connectivity index (χ0) is 19.5. The maximum Gasteiger partial charge on any atom is 0.263 e. The molecule has 3 heterocycles. The second kappa shape index (κ2) is 8.41. The number of benzene rings is 1. The molecule has 1 aromatic heterocycles. The van der Waals surface area contributed by atoms with Crippen molar-refractivity contribution in [3.8, 4) is 11.5 Å². The third kappa shape index (κ3) is 4.10. The Morgan fingerprint density at radius 3 is 2.75 bits per heavy atom. The second-order valence-corrected chi connectivity index (χ2v) is 8.22. The van der Waals surface area contributed by atoms with Crippen molar-refractivity contribution in [2.75, 3.05) is 26.3 Å². The Kier molecular flexibility index (Phi) is 5.73. The van der Waals surface area contributed by atoms with E-state index in [4.69, 9.17) is 21.1 Å². The summed E-state index contributed by atoms with van der Waals surface area (Å²) in [5, 5.41) is 5.37. The summed E-state index contributed by atoms with van der Waals surface area (Å²) in [6.45, 7) is 2.55. The topological polar surface area (TPSA) is 67.9 Å². The number of carbonyl (C=O) groups is 2. The molecular weight excluding hydrogens is 400 g/mol. The minimum atomic E-state index is -0.0833. The second-order valence-electron chi connectivity index (χ2n) is 6.86. The third-order valence-corrected chi connectivity index (χ3v) is 6.15. The molecule has 8 heteroatoms. The van der Waals surface area contributed by atoms with E-state index in [9.17, 15) is 9.59 Å². The van der Waals surface area contributed by atoms with Crippen LogP contribution < -0.4 is 14.8 Å². The molecule has 2 aliphatic rings. The highest BCUT2D eigenvalue weighted by Gasteiger charge is 2.28. The predicted octanol–water partition coefficient (Wildman–Crippen LogP) is 3.34. The number of ether oxygens (including phenoxy) is 2. The molecule has 2 aliphatic heterocycles. The summed E-state index contributed by atoms with van der Waals surface area (Å²) >= 11 is 7.69. The van der Waals surface area contributed by atoms with Crippen molar-refractivity contribution < 1.29 is 19.1 Å². The third-order valence-electron chi connectivity index (χ3n) is 5.01. The summed E-state index contributed by atoms with van der Waals surface area (Å²) in [5.41, 5.74) is 0.868. The van der Waals surface area contributed by atoms with Gasteiger partial charge in [0.05, 0.1) is 9.90 Å². The fraction of sp³-hybridized carbons (Fsp3) is 0.400. The quantitative estimate of drug-likeness (QED) is 0.823. The van der Waals surface area contributed by atoms with Crippen LogP contribution in [-0.4, -0.2) is 43.0 Å². The van der Waals surface area contributed by atoms with Gasteiger partial charge < -0.3 is 19.7 Å². The minimum Gasteiger partial charge on any atom is -0.486 e. The summed E-state index contributed by atoms with van der Waals surface area (Å²) in [6, 6.07) is 7.35. The van der Waals surface area contributed by atoms with Crippen LogP contribution in [0.2, 0.25) is 5.02 Å². The molecule has 1 aromatic carbocycles. The first-order valence-electron chi connectivity index (χ1n) is 9.30. The van der Waals surface area contributed by atoms with Gasteiger partial charge in [0.1, 0.15) is 13.2 Å². The highest BCUT2D eigenvalue weighted by Crippen LogP contribution is 2.38. The lowest BCUT2D eigenvalue weighted by molar-refractivity contribution is -0.126. The van der Waals surface area contributed by atoms with Crippen LogP contribution in [0.3, 0.4) is 0 Å². The number of nitrogens with zero attached hydrogens (tertiary/aromatic N) is 1. The standard InChI is InChI=1S/C20H21ClN2O4S/c21-15-10-13(11-16-18(15)27-8-7-26-16)12-22-19(24)14-3-5-23(6-4-14)20(25)17-2-1-9-28-17/h1-2,9-11,14H,3-8,12H2,(H,22,24). The first-order chi connectivity index (χ1) is 13.6. The number of hydrogen-bond donors (Lipinski definition) is 1. The van der Waals surface area contributed by atoms with Gasteiger partial charge >= 0.3 is 0 Å². The molecule has 0 unspecified atom stereocenters. The average Bonchev–Trinajstić information content (AvgIpc) is 3.26. The lowest BCUT2D eigenvalue weighted by Gasteiger charge is -2.31. The van der Waals surface area contributed by atoms with Crippen molar-refractivity contribution in [1.82, 2.24) is 10.2 Å². The van der Waals surface area contributed by atoms with E-state index in [1.807, 2.05) is 28.5 Å². The van der Waals surface area contributed by atoms with Gasteiger partial charge in [-0.15, -0.1) is 11.3 Å². The van der Waals surface area contributed by atoms with Crippen molar-refractivity contribution in [1.29, 1.82) is 0 Å².